The zero-order valence-corrected chi connectivity index (χ0v) is 17.9. The summed E-state index contributed by atoms with van der Waals surface area (Å²) < 4.78 is 2.48. The molecule has 7 heteroatoms. The number of rotatable bonds is 4. The molecule has 1 aromatic heterocycles. The van der Waals surface area contributed by atoms with E-state index in [0.29, 0.717) is 5.25 Å². The van der Waals surface area contributed by atoms with Crippen molar-refractivity contribution in [2.45, 2.75) is 22.0 Å². The molecule has 5 rings (SSSR count). The molecular weight excluding hydrogens is 398 g/mol. The number of aromatic nitrogens is 2. The first kappa shape index (κ1) is 18.8. The fraction of sp³-hybridized carbons (Fsp3) is 0.273. The first-order valence-corrected chi connectivity index (χ1v) is 11.5. The molecule has 0 spiro atoms. The summed E-state index contributed by atoms with van der Waals surface area (Å²) in [4.78, 5) is 13.5. The van der Waals surface area contributed by atoms with Gasteiger partial charge in [-0.3, -0.25) is 4.98 Å². The van der Waals surface area contributed by atoms with Crippen LogP contribution in [0.4, 0.5) is 17.2 Å². The van der Waals surface area contributed by atoms with Crippen LogP contribution >= 0.6 is 23.7 Å². The highest BCUT2D eigenvalue weighted by molar-refractivity contribution is 7.99. The molecule has 29 heavy (non-hydrogen) atoms. The Labute approximate surface area is 180 Å². The van der Waals surface area contributed by atoms with Crippen molar-refractivity contribution in [1.29, 1.82) is 0 Å². The maximum Gasteiger partial charge on any atom is 0.147 e. The second-order valence-corrected chi connectivity index (χ2v) is 9.72. The summed E-state index contributed by atoms with van der Waals surface area (Å²) in [5.41, 5.74) is 3.77. The first-order valence-electron chi connectivity index (χ1n) is 9.87. The molecule has 0 amide bonds. The minimum absolute atomic E-state index is 0.410. The number of fused-ring (bicyclic) bond motifs is 2. The van der Waals surface area contributed by atoms with Crippen LogP contribution in [0.25, 0.3) is 0 Å². The van der Waals surface area contributed by atoms with Crippen LogP contribution in [0.3, 0.4) is 0 Å². The van der Waals surface area contributed by atoms with Crippen LogP contribution in [-0.2, 0) is 0 Å². The summed E-state index contributed by atoms with van der Waals surface area (Å²) in [5, 5.41) is 4.01. The van der Waals surface area contributed by atoms with E-state index in [2.05, 4.69) is 73.9 Å². The summed E-state index contributed by atoms with van der Waals surface area (Å²) in [6, 6.07) is 15.3. The average Bonchev–Trinajstić information content (AvgIpc) is 2.78. The number of hydrogen-bond donors (Lipinski definition) is 1. The molecule has 2 aliphatic heterocycles. The maximum absolute atomic E-state index is 4.42. The number of piperazine rings is 1. The van der Waals surface area contributed by atoms with Gasteiger partial charge in [0.25, 0.3) is 0 Å². The first-order chi connectivity index (χ1) is 14.3. The third-order valence-corrected chi connectivity index (χ3v) is 7.67. The number of hydrogen-bond acceptors (Lipinski definition) is 7. The fourth-order valence-electron chi connectivity index (χ4n) is 3.67. The van der Waals surface area contributed by atoms with E-state index in [1.54, 1.807) is 12.4 Å². The van der Waals surface area contributed by atoms with E-state index in [-0.39, 0.29) is 0 Å². The number of benzene rings is 2. The molecule has 1 saturated heterocycles. The quantitative estimate of drug-likeness (QED) is 0.453. The van der Waals surface area contributed by atoms with E-state index < -0.39 is 0 Å². The predicted octanol–water partition coefficient (Wildman–Crippen LogP) is 5.22. The number of anilines is 3. The summed E-state index contributed by atoms with van der Waals surface area (Å²) in [6.45, 7) is 6.32. The third-order valence-electron chi connectivity index (χ3n) is 5.27. The van der Waals surface area contributed by atoms with Gasteiger partial charge in [0.2, 0.25) is 0 Å². The Morgan fingerprint density at radius 3 is 2.66 bits per heavy atom. The van der Waals surface area contributed by atoms with Gasteiger partial charge in [0, 0.05) is 53.6 Å². The molecule has 148 valence electrons. The van der Waals surface area contributed by atoms with Crippen LogP contribution in [0.15, 0.2) is 70.8 Å². The SMILES string of the molecule is CC(SN1CCN(c2cnccn2)CC1)c1ccc2c(c1)Nc1ccccc1S2. The smallest absolute Gasteiger partial charge is 0.147 e. The lowest BCUT2D eigenvalue weighted by Gasteiger charge is -2.35. The fourth-order valence-corrected chi connectivity index (χ4v) is 5.73. The van der Waals surface area contributed by atoms with E-state index in [1.807, 2.05) is 29.9 Å². The van der Waals surface area contributed by atoms with Gasteiger partial charge in [0.1, 0.15) is 5.82 Å². The Hall–Kier alpha value is -2.22. The molecule has 1 atom stereocenters. The molecule has 1 N–H and O–H groups in total. The minimum Gasteiger partial charge on any atom is -0.354 e. The largest absolute Gasteiger partial charge is 0.354 e. The number of nitrogens with zero attached hydrogens (tertiary/aromatic N) is 4. The Kier molecular flexibility index (Phi) is 5.35. The van der Waals surface area contributed by atoms with Crippen molar-refractivity contribution in [2.75, 3.05) is 36.4 Å². The van der Waals surface area contributed by atoms with Gasteiger partial charge in [-0.25, -0.2) is 9.29 Å². The van der Waals surface area contributed by atoms with Crippen LogP contribution < -0.4 is 10.2 Å². The molecule has 1 unspecified atom stereocenters. The lowest BCUT2D eigenvalue weighted by atomic mass is 10.1. The van der Waals surface area contributed by atoms with E-state index in [1.165, 1.54) is 26.7 Å². The normalized spacial score (nSPS) is 17.2. The topological polar surface area (TPSA) is 44.3 Å². The van der Waals surface area contributed by atoms with Crippen LogP contribution in [-0.4, -0.2) is 40.5 Å². The van der Waals surface area contributed by atoms with Gasteiger partial charge in [0.15, 0.2) is 0 Å². The van der Waals surface area contributed by atoms with E-state index in [4.69, 9.17) is 0 Å². The summed E-state index contributed by atoms with van der Waals surface area (Å²) in [5.74, 6) is 0.976. The Balaban J connectivity index is 1.22. The zero-order valence-electron chi connectivity index (χ0n) is 16.3. The van der Waals surface area contributed by atoms with Crippen LogP contribution in [0.5, 0.6) is 0 Å². The molecule has 3 heterocycles. The summed E-state index contributed by atoms with van der Waals surface area (Å²) >= 11 is 3.78. The second kappa shape index (κ2) is 8.26. The van der Waals surface area contributed by atoms with Crippen LogP contribution in [0.2, 0.25) is 0 Å². The third kappa shape index (κ3) is 4.08. The highest BCUT2D eigenvalue weighted by atomic mass is 32.2. The van der Waals surface area contributed by atoms with E-state index in [9.17, 15) is 0 Å². The van der Waals surface area contributed by atoms with E-state index >= 15 is 0 Å². The number of nitrogens with one attached hydrogen (secondary N) is 1. The highest BCUT2D eigenvalue weighted by Crippen LogP contribution is 2.45. The Bertz CT molecular complexity index is 990. The highest BCUT2D eigenvalue weighted by Gasteiger charge is 2.22. The molecular formula is C22H23N5S2. The number of para-hydroxylation sites is 1. The van der Waals surface area contributed by atoms with Crippen molar-refractivity contribution < 1.29 is 0 Å². The maximum atomic E-state index is 4.42. The van der Waals surface area contributed by atoms with Crippen molar-refractivity contribution in [3.63, 3.8) is 0 Å². The van der Waals surface area contributed by atoms with Gasteiger partial charge in [-0.15, -0.1) is 0 Å². The second-order valence-electron chi connectivity index (χ2n) is 7.21. The summed E-state index contributed by atoms with van der Waals surface area (Å²) in [7, 11) is 0. The molecule has 3 aromatic rings. The van der Waals surface area contributed by atoms with Gasteiger partial charge >= 0.3 is 0 Å². The lowest BCUT2D eigenvalue weighted by Crippen LogP contribution is -2.44. The van der Waals surface area contributed by atoms with Crippen LogP contribution in [0, 0.1) is 0 Å². The molecule has 0 radical (unpaired) electrons. The van der Waals surface area contributed by atoms with Gasteiger partial charge in [-0.05, 0) is 36.8 Å². The minimum atomic E-state index is 0.410. The lowest BCUT2D eigenvalue weighted by molar-refractivity contribution is 0.426. The van der Waals surface area contributed by atoms with Crippen molar-refractivity contribution in [1.82, 2.24) is 14.3 Å². The van der Waals surface area contributed by atoms with Gasteiger partial charge < -0.3 is 10.2 Å². The average molecular weight is 422 g/mol. The molecule has 5 nitrogen and oxygen atoms in total. The Morgan fingerprint density at radius 2 is 1.83 bits per heavy atom. The predicted molar refractivity (Wildman–Crippen MR) is 122 cm³/mol. The standard InChI is InChI=1S/C22H23N5S2/c1-16(29-27-12-10-26(11-13-27)22-15-23-8-9-24-22)17-6-7-21-19(14-17)25-18-4-2-3-5-20(18)28-21/h2-9,14-16,25H,10-13H2,1H3. The molecule has 2 aromatic carbocycles. The molecule has 2 aliphatic rings. The van der Waals surface area contributed by atoms with Gasteiger partial charge in [-0.1, -0.05) is 41.9 Å². The van der Waals surface area contributed by atoms with Crippen LogP contribution in [0.1, 0.15) is 17.7 Å². The van der Waals surface area contributed by atoms with Crippen molar-refractivity contribution in [3.8, 4) is 0 Å². The molecule has 0 bridgehead atoms. The van der Waals surface area contributed by atoms with Crippen molar-refractivity contribution in [2.24, 2.45) is 0 Å². The van der Waals surface area contributed by atoms with Gasteiger partial charge in [-0.2, -0.15) is 0 Å². The van der Waals surface area contributed by atoms with Gasteiger partial charge in [0.05, 0.1) is 17.6 Å². The van der Waals surface area contributed by atoms with Crippen molar-refractivity contribution >= 4 is 40.9 Å². The van der Waals surface area contributed by atoms with Crippen molar-refractivity contribution in [3.05, 3.63) is 66.6 Å². The molecule has 0 aliphatic carbocycles. The van der Waals surface area contributed by atoms with E-state index in [0.717, 1.165) is 32.0 Å². The summed E-state index contributed by atoms with van der Waals surface area (Å²) in [6.07, 6.45) is 5.34. The zero-order chi connectivity index (χ0) is 19.6. The monoisotopic (exact) mass is 421 g/mol. The Morgan fingerprint density at radius 1 is 1.00 bits per heavy atom. The molecule has 1 fully saturated rings. The molecule has 0 saturated carbocycles.